The fraction of sp³-hybridized carbons (Fsp3) is 0.500. The van der Waals surface area contributed by atoms with Gasteiger partial charge in [-0.05, 0) is 32.8 Å². The predicted octanol–water partition coefficient (Wildman–Crippen LogP) is 2.66. The molecule has 1 aliphatic heterocycles. The second kappa shape index (κ2) is 5.01. The van der Waals surface area contributed by atoms with Crippen molar-refractivity contribution < 1.29 is 9.59 Å². The van der Waals surface area contributed by atoms with Crippen LogP contribution < -0.4 is 4.90 Å². The molecular formula is C16H19N3O2. The molecule has 3 rings (SSSR count). The summed E-state index contributed by atoms with van der Waals surface area (Å²) in [6.45, 7) is 5.45. The minimum absolute atomic E-state index is 0.0309. The zero-order chi connectivity index (χ0) is 15.0. The third kappa shape index (κ3) is 2.24. The Labute approximate surface area is 124 Å². The highest BCUT2D eigenvalue weighted by Gasteiger charge is 2.47. The number of isocyanates is 1. The molecule has 2 amide bonds. The van der Waals surface area contributed by atoms with Gasteiger partial charge in [-0.1, -0.05) is 18.2 Å². The first-order valence-electron chi connectivity index (χ1n) is 7.36. The number of benzene rings is 1. The summed E-state index contributed by atoms with van der Waals surface area (Å²) < 4.78 is 0. The molecule has 0 spiro atoms. The number of hydrogen-bond acceptors (Lipinski definition) is 3. The van der Waals surface area contributed by atoms with Crippen molar-refractivity contribution in [3.63, 3.8) is 0 Å². The summed E-state index contributed by atoms with van der Waals surface area (Å²) >= 11 is 0. The molecule has 0 radical (unpaired) electrons. The van der Waals surface area contributed by atoms with Gasteiger partial charge in [0.1, 0.15) is 5.54 Å². The summed E-state index contributed by atoms with van der Waals surface area (Å²) in [5, 5.41) is 0. The summed E-state index contributed by atoms with van der Waals surface area (Å²) in [6, 6.07) is 7.98. The van der Waals surface area contributed by atoms with E-state index in [-0.39, 0.29) is 12.1 Å². The van der Waals surface area contributed by atoms with Gasteiger partial charge in [0.25, 0.3) is 0 Å². The topological polar surface area (TPSA) is 53.0 Å². The number of carbonyl (C=O) groups excluding carboxylic acids is 2. The molecule has 1 aliphatic carbocycles. The maximum atomic E-state index is 12.5. The quantitative estimate of drug-likeness (QED) is 0.631. The smallest absolute Gasteiger partial charge is 0.320 e. The number of carbonyl (C=O) groups is 1. The molecule has 0 bridgehead atoms. The molecule has 0 unspecified atom stereocenters. The van der Waals surface area contributed by atoms with E-state index in [4.69, 9.17) is 0 Å². The van der Waals surface area contributed by atoms with Gasteiger partial charge in [-0.15, -0.1) is 0 Å². The lowest BCUT2D eigenvalue weighted by Gasteiger charge is -2.24. The van der Waals surface area contributed by atoms with E-state index in [1.807, 2.05) is 43.0 Å². The molecule has 1 heterocycles. The van der Waals surface area contributed by atoms with Gasteiger partial charge in [-0.2, -0.15) is 4.99 Å². The van der Waals surface area contributed by atoms with Gasteiger partial charge in [0.2, 0.25) is 6.08 Å². The minimum atomic E-state index is -0.454. The van der Waals surface area contributed by atoms with Gasteiger partial charge < -0.3 is 4.90 Å². The van der Waals surface area contributed by atoms with Crippen molar-refractivity contribution in [3.8, 4) is 0 Å². The number of anilines is 1. The van der Waals surface area contributed by atoms with Crippen LogP contribution in [0.5, 0.6) is 0 Å². The van der Waals surface area contributed by atoms with Crippen molar-refractivity contribution >= 4 is 17.8 Å². The fourth-order valence-electron chi connectivity index (χ4n) is 3.01. The van der Waals surface area contributed by atoms with E-state index in [0.29, 0.717) is 6.54 Å². The van der Waals surface area contributed by atoms with Gasteiger partial charge in [0.15, 0.2) is 0 Å². The third-order valence-corrected chi connectivity index (χ3v) is 4.34. The number of hydrogen-bond donors (Lipinski definition) is 0. The summed E-state index contributed by atoms with van der Waals surface area (Å²) in [4.78, 5) is 30.9. The van der Waals surface area contributed by atoms with Crippen LogP contribution in [-0.4, -0.2) is 36.1 Å². The molecule has 0 aromatic heterocycles. The van der Waals surface area contributed by atoms with E-state index in [1.165, 1.54) is 0 Å². The first-order valence-corrected chi connectivity index (χ1v) is 7.36. The van der Waals surface area contributed by atoms with Crippen molar-refractivity contribution in [1.29, 1.82) is 0 Å². The summed E-state index contributed by atoms with van der Waals surface area (Å²) in [5.41, 5.74) is 1.39. The molecule has 1 saturated carbocycles. The lowest BCUT2D eigenvalue weighted by Crippen LogP contribution is -2.36. The van der Waals surface area contributed by atoms with Crippen molar-refractivity contribution in [1.82, 2.24) is 4.90 Å². The Morgan fingerprint density at radius 1 is 1.24 bits per heavy atom. The van der Waals surface area contributed by atoms with Crippen LogP contribution in [0.4, 0.5) is 10.5 Å². The van der Waals surface area contributed by atoms with Gasteiger partial charge in [0, 0.05) is 24.7 Å². The zero-order valence-corrected chi connectivity index (χ0v) is 12.4. The second-order valence-electron chi connectivity index (χ2n) is 5.97. The molecule has 21 heavy (non-hydrogen) atoms. The summed E-state index contributed by atoms with van der Waals surface area (Å²) in [7, 11) is 0. The summed E-state index contributed by atoms with van der Waals surface area (Å²) in [6.07, 6.45) is 3.37. The van der Waals surface area contributed by atoms with Crippen LogP contribution in [0.2, 0.25) is 0 Å². The standard InChI is InChI=1S/C16H19N3O2/c1-12(2)18-9-10-19(15(18)21)14-6-4-3-5-13(14)16(7-8-16)17-11-20/h3-6,12H,7-10H2,1-2H3. The van der Waals surface area contributed by atoms with Gasteiger partial charge in [-0.25, -0.2) is 9.59 Å². The van der Waals surface area contributed by atoms with Crippen molar-refractivity contribution in [2.24, 2.45) is 4.99 Å². The highest BCUT2D eigenvalue weighted by Crippen LogP contribution is 2.52. The number of aliphatic imine (C=N–C) groups is 1. The lowest BCUT2D eigenvalue weighted by atomic mass is 10.0. The van der Waals surface area contributed by atoms with Crippen molar-refractivity contribution in [2.75, 3.05) is 18.0 Å². The van der Waals surface area contributed by atoms with Crippen molar-refractivity contribution in [2.45, 2.75) is 38.3 Å². The van der Waals surface area contributed by atoms with Gasteiger partial charge in [0.05, 0.1) is 5.69 Å². The van der Waals surface area contributed by atoms with Crippen LogP contribution >= 0.6 is 0 Å². The van der Waals surface area contributed by atoms with E-state index in [2.05, 4.69) is 4.99 Å². The van der Waals surface area contributed by atoms with E-state index in [9.17, 15) is 9.59 Å². The van der Waals surface area contributed by atoms with Crippen LogP contribution in [0.3, 0.4) is 0 Å². The highest BCUT2D eigenvalue weighted by atomic mass is 16.2. The number of para-hydroxylation sites is 1. The molecule has 2 aliphatic rings. The highest BCUT2D eigenvalue weighted by molar-refractivity contribution is 5.95. The number of rotatable bonds is 4. The maximum Gasteiger partial charge on any atom is 0.324 e. The van der Waals surface area contributed by atoms with E-state index >= 15 is 0 Å². The fourth-order valence-corrected chi connectivity index (χ4v) is 3.01. The average Bonchev–Trinajstić information content (AvgIpc) is 3.14. The molecule has 1 saturated heterocycles. The first kappa shape index (κ1) is 13.8. The molecule has 5 heteroatoms. The zero-order valence-electron chi connectivity index (χ0n) is 12.4. The number of amides is 2. The molecule has 110 valence electrons. The third-order valence-electron chi connectivity index (χ3n) is 4.34. The molecule has 2 fully saturated rings. The lowest BCUT2D eigenvalue weighted by molar-refractivity contribution is 0.209. The maximum absolute atomic E-state index is 12.5. The van der Waals surface area contributed by atoms with Crippen LogP contribution in [0.15, 0.2) is 29.3 Å². The molecule has 0 N–H and O–H groups in total. The molecule has 5 nitrogen and oxygen atoms in total. The normalized spacial score (nSPS) is 19.9. The van der Waals surface area contributed by atoms with E-state index in [0.717, 1.165) is 30.6 Å². The molecule has 0 atom stereocenters. The second-order valence-corrected chi connectivity index (χ2v) is 5.97. The van der Waals surface area contributed by atoms with E-state index in [1.54, 1.807) is 11.0 Å². The molecular weight excluding hydrogens is 266 g/mol. The van der Waals surface area contributed by atoms with Gasteiger partial charge >= 0.3 is 6.03 Å². The van der Waals surface area contributed by atoms with Gasteiger partial charge in [-0.3, -0.25) is 4.90 Å². The van der Waals surface area contributed by atoms with Crippen LogP contribution in [-0.2, 0) is 10.3 Å². The van der Waals surface area contributed by atoms with Crippen LogP contribution in [0.25, 0.3) is 0 Å². The predicted molar refractivity (Wildman–Crippen MR) is 80.1 cm³/mol. The molecule has 1 aromatic rings. The Kier molecular flexibility index (Phi) is 3.30. The average molecular weight is 285 g/mol. The number of nitrogens with zero attached hydrogens (tertiary/aromatic N) is 3. The largest absolute Gasteiger partial charge is 0.324 e. The number of urea groups is 1. The molecule has 1 aromatic carbocycles. The van der Waals surface area contributed by atoms with Crippen LogP contribution in [0.1, 0.15) is 32.3 Å². The van der Waals surface area contributed by atoms with Crippen LogP contribution in [0, 0.1) is 0 Å². The Morgan fingerprint density at radius 2 is 1.95 bits per heavy atom. The van der Waals surface area contributed by atoms with Crippen molar-refractivity contribution in [3.05, 3.63) is 29.8 Å². The minimum Gasteiger partial charge on any atom is -0.320 e. The van der Waals surface area contributed by atoms with E-state index < -0.39 is 5.54 Å². The first-order chi connectivity index (χ1) is 10.1. The Balaban J connectivity index is 1.98. The Morgan fingerprint density at radius 3 is 2.52 bits per heavy atom. The summed E-state index contributed by atoms with van der Waals surface area (Å²) in [5.74, 6) is 0. The monoisotopic (exact) mass is 285 g/mol. The Bertz CT molecular complexity index is 616. The SMILES string of the molecule is CC(C)N1CCN(c2ccccc2C2(N=C=O)CC2)C1=O. The Hall–Kier alpha value is -2.13.